The van der Waals surface area contributed by atoms with E-state index in [0.29, 0.717) is 24.9 Å². The molecule has 8 heteroatoms. The Morgan fingerprint density at radius 1 is 1.14 bits per heavy atom. The molecule has 1 aliphatic heterocycles. The van der Waals surface area contributed by atoms with Crippen LogP contribution in [0, 0.1) is 22.7 Å². The third kappa shape index (κ3) is 7.02. The summed E-state index contributed by atoms with van der Waals surface area (Å²) in [5.74, 6) is -0.328. The predicted molar refractivity (Wildman–Crippen MR) is 140 cm³/mol. The number of piperidine rings is 1. The van der Waals surface area contributed by atoms with Crippen molar-refractivity contribution in [3.8, 4) is 23.3 Å². The maximum atomic E-state index is 13.1. The van der Waals surface area contributed by atoms with Crippen molar-refractivity contribution in [3.05, 3.63) is 53.6 Å². The van der Waals surface area contributed by atoms with Crippen LogP contribution in [-0.2, 0) is 16.0 Å². The molecule has 0 bridgehead atoms. The quantitative estimate of drug-likeness (QED) is 0.536. The Kier molecular flexibility index (Phi) is 9.01. The molecule has 0 spiro atoms. The zero-order valence-corrected chi connectivity index (χ0v) is 22.0. The number of thioether (sulfide) groups is 1. The van der Waals surface area contributed by atoms with E-state index in [1.54, 1.807) is 20.8 Å². The van der Waals surface area contributed by atoms with E-state index < -0.39 is 23.8 Å². The van der Waals surface area contributed by atoms with Crippen molar-refractivity contribution in [1.29, 1.82) is 10.5 Å². The molecule has 0 radical (unpaired) electrons. The fourth-order valence-electron chi connectivity index (χ4n) is 4.17. The standard InChI is InChI=1S/C28H32N4O3S/c1-28(2,3)35-27(34)32-14-6-5-7-24(32)26(33)31-23(18-30)15-19-8-10-20(11-9-19)21-12-13-22(17-29)25(16-21)36-4/h8-13,16,23-24H,5-7,14-15H2,1-4H3,(H,31,33)/t23-,24?/m0/s1. The van der Waals surface area contributed by atoms with Gasteiger partial charge in [0.25, 0.3) is 0 Å². The first-order valence-electron chi connectivity index (χ1n) is 12.0. The highest BCUT2D eigenvalue weighted by molar-refractivity contribution is 7.98. The molecule has 3 rings (SSSR count). The molecule has 2 aromatic rings. The monoisotopic (exact) mass is 504 g/mol. The van der Waals surface area contributed by atoms with E-state index in [9.17, 15) is 20.1 Å². The largest absolute Gasteiger partial charge is 0.444 e. The van der Waals surface area contributed by atoms with Gasteiger partial charge in [-0.3, -0.25) is 9.69 Å². The number of ether oxygens (including phenoxy) is 1. The van der Waals surface area contributed by atoms with E-state index >= 15 is 0 Å². The van der Waals surface area contributed by atoms with Crippen LogP contribution >= 0.6 is 11.8 Å². The zero-order valence-electron chi connectivity index (χ0n) is 21.2. The van der Waals surface area contributed by atoms with Gasteiger partial charge in [0, 0.05) is 17.9 Å². The van der Waals surface area contributed by atoms with Gasteiger partial charge < -0.3 is 10.1 Å². The lowest BCUT2D eigenvalue weighted by Crippen LogP contribution is -2.54. The summed E-state index contributed by atoms with van der Waals surface area (Å²) in [7, 11) is 0. The van der Waals surface area contributed by atoms with E-state index in [1.165, 1.54) is 16.7 Å². The normalized spacial score (nSPS) is 16.4. The SMILES string of the molecule is CSc1cc(-c2ccc(C[C@@H](C#N)NC(=O)C3CCCCN3C(=O)OC(C)(C)C)cc2)ccc1C#N. The molecular formula is C28H32N4O3S. The van der Waals surface area contributed by atoms with E-state index in [4.69, 9.17) is 4.74 Å². The van der Waals surface area contributed by atoms with Crippen LogP contribution in [0.2, 0.25) is 0 Å². The van der Waals surface area contributed by atoms with Gasteiger partial charge in [-0.15, -0.1) is 11.8 Å². The summed E-state index contributed by atoms with van der Waals surface area (Å²) in [6.07, 6.45) is 3.99. The van der Waals surface area contributed by atoms with Gasteiger partial charge >= 0.3 is 6.09 Å². The first-order valence-corrected chi connectivity index (χ1v) is 13.2. The zero-order chi connectivity index (χ0) is 26.3. The Balaban J connectivity index is 1.66. The molecular weight excluding hydrogens is 472 g/mol. The van der Waals surface area contributed by atoms with Crippen LogP contribution < -0.4 is 5.32 Å². The molecule has 2 atom stereocenters. The number of carbonyl (C=O) groups is 2. The predicted octanol–water partition coefficient (Wildman–Crippen LogP) is 5.29. The molecule has 0 aromatic heterocycles. The fraction of sp³-hybridized carbons (Fsp3) is 0.429. The van der Waals surface area contributed by atoms with Crippen molar-refractivity contribution in [2.45, 2.75) is 69.0 Å². The number of hydrogen-bond acceptors (Lipinski definition) is 6. The second-order valence-electron chi connectivity index (χ2n) is 9.80. The van der Waals surface area contributed by atoms with Crippen molar-refractivity contribution >= 4 is 23.8 Å². The molecule has 1 saturated heterocycles. The summed E-state index contributed by atoms with van der Waals surface area (Å²) in [5.41, 5.74) is 2.93. The Hall–Kier alpha value is -3.49. The molecule has 1 fully saturated rings. The van der Waals surface area contributed by atoms with Crippen molar-refractivity contribution < 1.29 is 14.3 Å². The summed E-state index contributed by atoms with van der Waals surface area (Å²) in [6, 6.07) is 16.6. The summed E-state index contributed by atoms with van der Waals surface area (Å²) < 4.78 is 5.48. The van der Waals surface area contributed by atoms with Gasteiger partial charge in [-0.25, -0.2) is 4.79 Å². The molecule has 1 N–H and O–H groups in total. The number of likely N-dealkylation sites (tertiary alicyclic amines) is 1. The van der Waals surface area contributed by atoms with Crippen LogP contribution in [0.25, 0.3) is 11.1 Å². The number of amides is 2. The number of nitrogens with one attached hydrogen (secondary N) is 1. The summed E-state index contributed by atoms with van der Waals surface area (Å²) >= 11 is 1.53. The number of benzene rings is 2. The Morgan fingerprint density at radius 2 is 1.83 bits per heavy atom. The lowest BCUT2D eigenvalue weighted by atomic mass is 9.99. The Morgan fingerprint density at radius 3 is 2.44 bits per heavy atom. The van der Waals surface area contributed by atoms with Crippen LogP contribution in [0.15, 0.2) is 47.4 Å². The molecule has 0 aliphatic carbocycles. The van der Waals surface area contributed by atoms with Gasteiger partial charge in [-0.1, -0.05) is 30.3 Å². The maximum Gasteiger partial charge on any atom is 0.410 e. The van der Waals surface area contributed by atoms with Gasteiger partial charge in [0.05, 0.1) is 11.6 Å². The van der Waals surface area contributed by atoms with Crippen LogP contribution in [0.5, 0.6) is 0 Å². The molecule has 188 valence electrons. The van der Waals surface area contributed by atoms with Crippen molar-refractivity contribution in [1.82, 2.24) is 10.2 Å². The van der Waals surface area contributed by atoms with Crippen LogP contribution in [-0.4, -0.2) is 47.4 Å². The van der Waals surface area contributed by atoms with Gasteiger partial charge in [-0.2, -0.15) is 10.5 Å². The number of hydrogen-bond donors (Lipinski definition) is 1. The van der Waals surface area contributed by atoms with Gasteiger partial charge in [0.15, 0.2) is 0 Å². The number of rotatable bonds is 6. The van der Waals surface area contributed by atoms with Crippen molar-refractivity contribution in [3.63, 3.8) is 0 Å². The van der Waals surface area contributed by atoms with Crippen molar-refractivity contribution in [2.75, 3.05) is 12.8 Å². The van der Waals surface area contributed by atoms with E-state index in [2.05, 4.69) is 17.5 Å². The van der Waals surface area contributed by atoms with E-state index in [0.717, 1.165) is 34.4 Å². The second kappa shape index (κ2) is 12.0. The first kappa shape index (κ1) is 27.1. The maximum absolute atomic E-state index is 13.1. The van der Waals surface area contributed by atoms with Gasteiger partial charge in [0.2, 0.25) is 5.91 Å². The summed E-state index contributed by atoms with van der Waals surface area (Å²) in [4.78, 5) is 28.1. The van der Waals surface area contributed by atoms with Crippen LogP contribution in [0.4, 0.5) is 4.79 Å². The molecule has 0 saturated carbocycles. The molecule has 36 heavy (non-hydrogen) atoms. The Labute approximate surface area is 217 Å². The van der Waals surface area contributed by atoms with Crippen molar-refractivity contribution in [2.24, 2.45) is 0 Å². The number of carbonyl (C=O) groups excluding carboxylic acids is 2. The first-order chi connectivity index (χ1) is 17.1. The highest BCUT2D eigenvalue weighted by Gasteiger charge is 2.35. The topological polar surface area (TPSA) is 106 Å². The Bertz CT molecular complexity index is 1180. The van der Waals surface area contributed by atoms with E-state index in [-0.39, 0.29) is 5.91 Å². The third-order valence-electron chi connectivity index (χ3n) is 5.95. The molecule has 2 aromatic carbocycles. The molecule has 7 nitrogen and oxygen atoms in total. The average molecular weight is 505 g/mol. The van der Waals surface area contributed by atoms with Gasteiger partial charge in [-0.05, 0) is 75.1 Å². The number of nitrogens with zero attached hydrogens (tertiary/aromatic N) is 3. The minimum Gasteiger partial charge on any atom is -0.444 e. The molecule has 1 aliphatic rings. The summed E-state index contributed by atoms with van der Waals surface area (Å²) in [5, 5.41) is 21.8. The van der Waals surface area contributed by atoms with Gasteiger partial charge in [0.1, 0.15) is 23.8 Å². The minimum atomic E-state index is -0.719. The third-order valence-corrected chi connectivity index (χ3v) is 6.73. The highest BCUT2D eigenvalue weighted by Crippen LogP contribution is 2.28. The fourth-order valence-corrected chi connectivity index (χ4v) is 4.75. The lowest BCUT2D eigenvalue weighted by Gasteiger charge is -2.36. The summed E-state index contributed by atoms with van der Waals surface area (Å²) in [6.45, 7) is 5.84. The second-order valence-corrected chi connectivity index (χ2v) is 10.7. The molecule has 1 heterocycles. The number of nitriles is 2. The molecule has 1 unspecified atom stereocenters. The minimum absolute atomic E-state index is 0.328. The lowest BCUT2D eigenvalue weighted by molar-refractivity contribution is -0.128. The van der Waals surface area contributed by atoms with Crippen LogP contribution in [0.3, 0.4) is 0 Å². The van der Waals surface area contributed by atoms with Crippen LogP contribution in [0.1, 0.15) is 51.2 Å². The average Bonchev–Trinajstić information content (AvgIpc) is 2.87. The highest BCUT2D eigenvalue weighted by atomic mass is 32.2. The molecule has 2 amide bonds. The smallest absolute Gasteiger partial charge is 0.410 e. The van der Waals surface area contributed by atoms with E-state index in [1.807, 2.05) is 48.7 Å².